The van der Waals surface area contributed by atoms with Gasteiger partial charge in [-0.3, -0.25) is 9.69 Å². The SMILES string of the molecule is CCOC(=O)CC1=CCN(Cc2ccccc2)CC1C. The minimum atomic E-state index is -0.109. The van der Waals surface area contributed by atoms with Crippen LogP contribution >= 0.6 is 0 Å². The molecule has 108 valence electrons. The van der Waals surface area contributed by atoms with Crippen molar-refractivity contribution in [2.75, 3.05) is 19.7 Å². The van der Waals surface area contributed by atoms with Crippen molar-refractivity contribution in [3.8, 4) is 0 Å². The Morgan fingerprint density at radius 1 is 1.35 bits per heavy atom. The lowest BCUT2D eigenvalue weighted by atomic mass is 9.94. The van der Waals surface area contributed by atoms with Crippen molar-refractivity contribution in [3.05, 3.63) is 47.5 Å². The van der Waals surface area contributed by atoms with Gasteiger partial charge in [-0.15, -0.1) is 0 Å². The van der Waals surface area contributed by atoms with Crippen LogP contribution in [-0.2, 0) is 16.1 Å². The topological polar surface area (TPSA) is 29.5 Å². The molecule has 20 heavy (non-hydrogen) atoms. The molecule has 0 radical (unpaired) electrons. The maximum absolute atomic E-state index is 11.6. The summed E-state index contributed by atoms with van der Waals surface area (Å²) < 4.78 is 5.02. The molecule has 0 saturated heterocycles. The van der Waals surface area contributed by atoms with Crippen LogP contribution in [0.3, 0.4) is 0 Å². The van der Waals surface area contributed by atoms with Gasteiger partial charge in [0.25, 0.3) is 0 Å². The molecular weight excluding hydrogens is 250 g/mol. The van der Waals surface area contributed by atoms with Gasteiger partial charge in [-0.1, -0.05) is 48.9 Å². The summed E-state index contributed by atoms with van der Waals surface area (Å²) in [5.41, 5.74) is 2.55. The quantitative estimate of drug-likeness (QED) is 0.610. The fraction of sp³-hybridized carbons (Fsp3) is 0.471. The standard InChI is InChI=1S/C17H23NO2/c1-3-20-17(19)11-16-9-10-18(12-14(16)2)13-15-7-5-4-6-8-15/h4-9,14H,3,10-13H2,1-2H3. The zero-order valence-electron chi connectivity index (χ0n) is 12.3. The molecule has 0 aromatic heterocycles. The van der Waals surface area contributed by atoms with Crippen molar-refractivity contribution in [3.63, 3.8) is 0 Å². The monoisotopic (exact) mass is 273 g/mol. The van der Waals surface area contributed by atoms with Gasteiger partial charge in [-0.25, -0.2) is 0 Å². The molecule has 2 rings (SSSR count). The summed E-state index contributed by atoms with van der Waals surface area (Å²) in [6.07, 6.45) is 2.63. The Morgan fingerprint density at radius 2 is 2.10 bits per heavy atom. The summed E-state index contributed by atoms with van der Waals surface area (Å²) >= 11 is 0. The van der Waals surface area contributed by atoms with Crippen molar-refractivity contribution in [1.82, 2.24) is 4.90 Å². The Hall–Kier alpha value is -1.61. The highest BCUT2D eigenvalue weighted by molar-refractivity contribution is 5.72. The Bertz CT molecular complexity index is 467. The third-order valence-corrected chi connectivity index (χ3v) is 3.68. The molecule has 0 spiro atoms. The zero-order valence-corrected chi connectivity index (χ0v) is 12.3. The predicted octanol–water partition coefficient (Wildman–Crippen LogP) is 3.02. The number of ether oxygens (including phenoxy) is 1. The van der Waals surface area contributed by atoms with E-state index in [1.807, 2.05) is 13.0 Å². The molecule has 3 heteroatoms. The van der Waals surface area contributed by atoms with Crippen LogP contribution in [0.4, 0.5) is 0 Å². The second-order valence-corrected chi connectivity index (χ2v) is 5.34. The van der Waals surface area contributed by atoms with E-state index < -0.39 is 0 Å². The fourth-order valence-corrected chi connectivity index (χ4v) is 2.62. The van der Waals surface area contributed by atoms with Gasteiger partial charge in [0.1, 0.15) is 0 Å². The van der Waals surface area contributed by atoms with Crippen LogP contribution in [0.15, 0.2) is 42.0 Å². The molecular formula is C17H23NO2. The highest BCUT2D eigenvalue weighted by Gasteiger charge is 2.21. The van der Waals surface area contributed by atoms with Crippen LogP contribution in [0, 0.1) is 5.92 Å². The van der Waals surface area contributed by atoms with E-state index in [1.165, 1.54) is 11.1 Å². The second kappa shape index (κ2) is 7.25. The van der Waals surface area contributed by atoms with Gasteiger partial charge >= 0.3 is 5.97 Å². The smallest absolute Gasteiger partial charge is 0.309 e. The van der Waals surface area contributed by atoms with Crippen LogP contribution < -0.4 is 0 Å². The van der Waals surface area contributed by atoms with E-state index in [-0.39, 0.29) is 5.97 Å². The Kier molecular flexibility index (Phi) is 5.36. The van der Waals surface area contributed by atoms with Crippen LogP contribution in [0.2, 0.25) is 0 Å². The first kappa shape index (κ1) is 14.8. The van der Waals surface area contributed by atoms with Crippen LogP contribution in [0.25, 0.3) is 0 Å². The van der Waals surface area contributed by atoms with E-state index >= 15 is 0 Å². The van der Waals surface area contributed by atoms with Crippen molar-refractivity contribution in [2.45, 2.75) is 26.8 Å². The first-order valence-electron chi connectivity index (χ1n) is 7.30. The first-order chi connectivity index (χ1) is 9.69. The maximum Gasteiger partial charge on any atom is 0.309 e. The van der Waals surface area contributed by atoms with Gasteiger partial charge < -0.3 is 4.74 Å². The third kappa shape index (κ3) is 4.20. The van der Waals surface area contributed by atoms with Crippen molar-refractivity contribution < 1.29 is 9.53 Å². The average molecular weight is 273 g/mol. The van der Waals surface area contributed by atoms with E-state index in [1.54, 1.807) is 0 Å². The Balaban J connectivity index is 1.90. The number of carbonyl (C=O) groups excluding carboxylic acids is 1. The number of esters is 1. The molecule has 0 fully saturated rings. The van der Waals surface area contributed by atoms with Gasteiger partial charge in [-0.05, 0) is 18.4 Å². The van der Waals surface area contributed by atoms with Crippen molar-refractivity contribution in [2.24, 2.45) is 5.92 Å². The van der Waals surface area contributed by atoms with Crippen molar-refractivity contribution in [1.29, 1.82) is 0 Å². The lowest BCUT2D eigenvalue weighted by Gasteiger charge is -2.31. The first-order valence-corrected chi connectivity index (χ1v) is 7.30. The maximum atomic E-state index is 11.6. The molecule has 1 unspecified atom stereocenters. The fourth-order valence-electron chi connectivity index (χ4n) is 2.62. The molecule has 1 heterocycles. The van der Waals surface area contributed by atoms with Gasteiger partial charge in [0, 0.05) is 19.6 Å². The number of carbonyl (C=O) groups is 1. The molecule has 1 aromatic rings. The minimum Gasteiger partial charge on any atom is -0.466 e. The number of hydrogen-bond donors (Lipinski definition) is 0. The second-order valence-electron chi connectivity index (χ2n) is 5.34. The summed E-state index contributed by atoms with van der Waals surface area (Å²) in [7, 11) is 0. The molecule has 0 aliphatic carbocycles. The molecule has 1 aliphatic heterocycles. The molecule has 1 atom stereocenters. The van der Waals surface area contributed by atoms with E-state index in [4.69, 9.17) is 4.74 Å². The van der Waals surface area contributed by atoms with Crippen LogP contribution in [0.5, 0.6) is 0 Å². The van der Waals surface area contributed by atoms with Gasteiger partial charge in [0.2, 0.25) is 0 Å². The van der Waals surface area contributed by atoms with Gasteiger partial charge in [-0.2, -0.15) is 0 Å². The van der Waals surface area contributed by atoms with E-state index in [0.29, 0.717) is 18.9 Å². The number of hydrogen-bond acceptors (Lipinski definition) is 3. The normalized spacial score (nSPS) is 19.5. The largest absolute Gasteiger partial charge is 0.466 e. The van der Waals surface area contributed by atoms with E-state index in [0.717, 1.165) is 19.6 Å². The van der Waals surface area contributed by atoms with Crippen molar-refractivity contribution >= 4 is 5.97 Å². The molecule has 0 saturated carbocycles. The molecule has 0 bridgehead atoms. The van der Waals surface area contributed by atoms with Gasteiger partial charge in [0.15, 0.2) is 0 Å². The minimum absolute atomic E-state index is 0.109. The predicted molar refractivity (Wildman–Crippen MR) is 80.2 cm³/mol. The lowest BCUT2D eigenvalue weighted by Crippen LogP contribution is -2.33. The zero-order chi connectivity index (χ0) is 14.4. The highest BCUT2D eigenvalue weighted by Crippen LogP contribution is 2.22. The summed E-state index contributed by atoms with van der Waals surface area (Å²) in [6.45, 7) is 7.36. The van der Waals surface area contributed by atoms with Crippen LogP contribution in [0.1, 0.15) is 25.8 Å². The Labute approximate surface area is 121 Å². The molecule has 0 N–H and O–H groups in total. The molecule has 3 nitrogen and oxygen atoms in total. The summed E-state index contributed by atoms with van der Waals surface area (Å²) in [6, 6.07) is 10.5. The number of nitrogens with zero attached hydrogens (tertiary/aromatic N) is 1. The summed E-state index contributed by atoms with van der Waals surface area (Å²) in [5, 5.41) is 0. The lowest BCUT2D eigenvalue weighted by molar-refractivity contribution is -0.142. The van der Waals surface area contributed by atoms with Gasteiger partial charge in [0.05, 0.1) is 13.0 Å². The van der Waals surface area contributed by atoms with Crippen LogP contribution in [-0.4, -0.2) is 30.6 Å². The third-order valence-electron chi connectivity index (χ3n) is 3.68. The molecule has 1 aliphatic rings. The number of benzene rings is 1. The highest BCUT2D eigenvalue weighted by atomic mass is 16.5. The molecule has 1 aromatic carbocycles. The molecule has 0 amide bonds. The Morgan fingerprint density at radius 3 is 2.75 bits per heavy atom. The van der Waals surface area contributed by atoms with E-state index in [9.17, 15) is 4.79 Å². The summed E-state index contributed by atoms with van der Waals surface area (Å²) in [5.74, 6) is 0.305. The average Bonchev–Trinajstić information content (AvgIpc) is 2.43. The van der Waals surface area contributed by atoms with E-state index in [2.05, 4.69) is 42.2 Å². The summed E-state index contributed by atoms with van der Waals surface area (Å²) in [4.78, 5) is 14.0. The number of rotatable bonds is 5.